The molecule has 0 fully saturated rings. The van der Waals surface area contributed by atoms with Gasteiger partial charge in [0.15, 0.2) is 0 Å². The third-order valence-corrected chi connectivity index (χ3v) is 4.66. The molecule has 1 atom stereocenters. The molecular formula is C21H25FN4O. The number of rotatable bonds is 6. The molecule has 0 spiro atoms. The number of amides is 1. The highest BCUT2D eigenvalue weighted by Gasteiger charge is 2.26. The fraction of sp³-hybridized carbons (Fsp3) is 0.333. The first-order chi connectivity index (χ1) is 12.8. The summed E-state index contributed by atoms with van der Waals surface area (Å²) >= 11 is 0. The maximum absolute atomic E-state index is 13.3. The van der Waals surface area contributed by atoms with Gasteiger partial charge in [-0.15, -0.1) is 0 Å². The highest BCUT2D eigenvalue weighted by Crippen LogP contribution is 2.22. The monoisotopic (exact) mass is 368 g/mol. The zero-order valence-electron chi connectivity index (χ0n) is 16.2. The van der Waals surface area contributed by atoms with Crippen LogP contribution in [0.15, 0.2) is 42.5 Å². The first-order valence-electron chi connectivity index (χ1n) is 8.97. The van der Waals surface area contributed by atoms with Gasteiger partial charge in [0.2, 0.25) is 5.91 Å². The number of benzene rings is 2. The van der Waals surface area contributed by atoms with Crippen LogP contribution in [-0.2, 0) is 11.2 Å². The molecule has 0 unspecified atom stereocenters. The van der Waals surface area contributed by atoms with Crippen molar-refractivity contribution in [3.8, 4) is 0 Å². The Labute approximate surface area is 158 Å². The summed E-state index contributed by atoms with van der Waals surface area (Å²) in [5.74, 6) is 0.483. The van der Waals surface area contributed by atoms with Gasteiger partial charge in [-0.25, -0.2) is 9.37 Å². The van der Waals surface area contributed by atoms with Gasteiger partial charge in [0.25, 0.3) is 0 Å². The molecule has 1 amide bonds. The van der Waals surface area contributed by atoms with Crippen LogP contribution in [0.25, 0.3) is 11.0 Å². The van der Waals surface area contributed by atoms with Crippen molar-refractivity contribution in [2.45, 2.75) is 19.4 Å². The van der Waals surface area contributed by atoms with Crippen molar-refractivity contribution >= 4 is 16.9 Å². The van der Waals surface area contributed by atoms with Gasteiger partial charge in [-0.1, -0.05) is 29.8 Å². The van der Waals surface area contributed by atoms with Crippen molar-refractivity contribution in [2.75, 3.05) is 27.7 Å². The van der Waals surface area contributed by atoms with Crippen molar-refractivity contribution in [3.63, 3.8) is 0 Å². The van der Waals surface area contributed by atoms with Gasteiger partial charge < -0.3 is 9.88 Å². The van der Waals surface area contributed by atoms with Crippen LogP contribution in [0.2, 0.25) is 0 Å². The highest BCUT2D eigenvalue weighted by atomic mass is 19.1. The minimum atomic E-state index is -0.334. The number of nitrogens with one attached hydrogen (secondary N) is 1. The number of aryl methyl sites for hydroxylation is 1. The van der Waals surface area contributed by atoms with Crippen molar-refractivity contribution in [3.05, 3.63) is 65.2 Å². The maximum Gasteiger partial charge on any atom is 0.244 e. The first-order valence-corrected chi connectivity index (χ1v) is 8.97. The molecule has 0 aliphatic rings. The predicted octanol–water partition coefficient (Wildman–Crippen LogP) is 3.31. The number of aromatic nitrogens is 2. The van der Waals surface area contributed by atoms with Gasteiger partial charge in [0.1, 0.15) is 17.7 Å². The lowest BCUT2D eigenvalue weighted by molar-refractivity contribution is -0.135. The van der Waals surface area contributed by atoms with E-state index in [0.29, 0.717) is 18.5 Å². The zero-order chi connectivity index (χ0) is 19.6. The van der Waals surface area contributed by atoms with E-state index < -0.39 is 0 Å². The summed E-state index contributed by atoms with van der Waals surface area (Å²) in [5.41, 5.74) is 3.51. The number of fused-ring (bicyclic) bond motifs is 1. The molecule has 3 rings (SSSR count). The van der Waals surface area contributed by atoms with Crippen molar-refractivity contribution in [1.82, 2.24) is 19.8 Å². The number of aromatic amines is 1. The van der Waals surface area contributed by atoms with Gasteiger partial charge in [-0.2, -0.15) is 0 Å². The minimum Gasteiger partial charge on any atom is -0.344 e. The average molecular weight is 368 g/mol. The molecule has 3 aromatic rings. The molecule has 27 heavy (non-hydrogen) atoms. The Balaban J connectivity index is 1.71. The molecule has 1 aromatic heterocycles. The number of hydrogen-bond acceptors (Lipinski definition) is 3. The van der Waals surface area contributed by atoms with E-state index >= 15 is 0 Å². The Bertz CT molecular complexity index is 950. The fourth-order valence-corrected chi connectivity index (χ4v) is 3.25. The van der Waals surface area contributed by atoms with Crippen LogP contribution in [-0.4, -0.2) is 53.4 Å². The van der Waals surface area contributed by atoms with Crippen molar-refractivity contribution in [1.29, 1.82) is 0 Å². The van der Waals surface area contributed by atoms with Crippen LogP contribution in [0.4, 0.5) is 4.39 Å². The molecule has 2 aromatic carbocycles. The lowest BCUT2D eigenvalue weighted by Gasteiger charge is -2.28. The van der Waals surface area contributed by atoms with Crippen LogP contribution in [0.5, 0.6) is 0 Å². The van der Waals surface area contributed by atoms with E-state index in [9.17, 15) is 9.18 Å². The Kier molecular flexibility index (Phi) is 5.56. The van der Waals surface area contributed by atoms with E-state index in [2.05, 4.69) is 9.97 Å². The Morgan fingerprint density at radius 2 is 1.96 bits per heavy atom. The van der Waals surface area contributed by atoms with Gasteiger partial charge in [-0.3, -0.25) is 9.69 Å². The van der Waals surface area contributed by atoms with Gasteiger partial charge in [0, 0.05) is 20.0 Å². The van der Waals surface area contributed by atoms with Gasteiger partial charge >= 0.3 is 0 Å². The second-order valence-corrected chi connectivity index (χ2v) is 7.14. The number of carbonyl (C=O) groups is 1. The summed E-state index contributed by atoms with van der Waals surface area (Å²) in [6, 6.07) is 12.2. The van der Waals surface area contributed by atoms with Gasteiger partial charge in [0.05, 0.1) is 11.0 Å². The van der Waals surface area contributed by atoms with E-state index in [4.69, 9.17) is 0 Å². The van der Waals surface area contributed by atoms with Crippen LogP contribution >= 0.6 is 0 Å². The molecule has 0 bridgehead atoms. The Morgan fingerprint density at radius 1 is 1.19 bits per heavy atom. The molecule has 0 saturated heterocycles. The topological polar surface area (TPSA) is 52.2 Å². The summed E-state index contributed by atoms with van der Waals surface area (Å²) in [6.45, 7) is 2.55. The molecule has 0 radical (unpaired) electrons. The van der Waals surface area contributed by atoms with Crippen LogP contribution in [0.3, 0.4) is 0 Å². The third-order valence-electron chi connectivity index (χ3n) is 4.66. The van der Waals surface area contributed by atoms with Crippen LogP contribution in [0, 0.1) is 12.7 Å². The average Bonchev–Trinajstić information content (AvgIpc) is 3.01. The van der Waals surface area contributed by atoms with Crippen LogP contribution in [0.1, 0.15) is 23.0 Å². The molecule has 1 heterocycles. The molecule has 1 N–H and O–H groups in total. The number of nitrogens with zero attached hydrogens (tertiary/aromatic N) is 3. The Hall–Kier alpha value is -2.73. The maximum atomic E-state index is 13.3. The quantitative estimate of drug-likeness (QED) is 0.726. The number of imidazole rings is 1. The molecule has 0 aliphatic heterocycles. The molecule has 6 heteroatoms. The second kappa shape index (κ2) is 7.88. The summed E-state index contributed by atoms with van der Waals surface area (Å²) in [5, 5.41) is 0. The molecule has 0 saturated carbocycles. The van der Waals surface area contributed by atoms with E-state index in [0.717, 1.165) is 22.5 Å². The largest absolute Gasteiger partial charge is 0.344 e. The standard InChI is InChI=1S/C21H25FN4O/c1-14-6-5-7-15(12-14)20(25(2)3)21(27)26(4)11-10-19-23-17-9-8-16(22)13-18(17)24-19/h5-9,12-13,20H,10-11H2,1-4H3,(H,23,24)/t20-/m1/s1. The van der Waals surface area contributed by atoms with Crippen molar-refractivity contribution in [2.24, 2.45) is 0 Å². The lowest BCUT2D eigenvalue weighted by atomic mass is 10.0. The zero-order valence-corrected chi connectivity index (χ0v) is 16.2. The SMILES string of the molecule is Cc1cccc([C@H](C(=O)N(C)CCc2nc3ccc(F)cc3[nH]2)N(C)C)c1. The summed E-state index contributed by atoms with van der Waals surface area (Å²) in [4.78, 5) is 24.3. The fourth-order valence-electron chi connectivity index (χ4n) is 3.25. The molecule has 142 valence electrons. The summed E-state index contributed by atoms with van der Waals surface area (Å²) in [6.07, 6.45) is 0.576. The molecule has 0 aliphatic carbocycles. The first kappa shape index (κ1) is 19.0. The summed E-state index contributed by atoms with van der Waals surface area (Å²) in [7, 11) is 5.62. The number of likely N-dealkylation sites (N-methyl/N-ethyl adjacent to an activating group) is 2. The van der Waals surface area contributed by atoms with E-state index in [-0.39, 0.29) is 17.8 Å². The number of H-pyrrole nitrogens is 1. The lowest BCUT2D eigenvalue weighted by Crippen LogP contribution is -2.39. The third kappa shape index (κ3) is 4.34. The second-order valence-electron chi connectivity index (χ2n) is 7.14. The Morgan fingerprint density at radius 3 is 2.67 bits per heavy atom. The normalized spacial score (nSPS) is 12.5. The van der Waals surface area contributed by atoms with E-state index in [1.807, 2.05) is 50.2 Å². The molecular weight excluding hydrogens is 343 g/mol. The number of hydrogen-bond donors (Lipinski definition) is 1. The van der Waals surface area contributed by atoms with Crippen LogP contribution < -0.4 is 0 Å². The van der Waals surface area contributed by atoms with E-state index in [1.54, 1.807) is 18.0 Å². The molecule has 5 nitrogen and oxygen atoms in total. The van der Waals surface area contributed by atoms with Gasteiger partial charge in [-0.05, 0) is 44.8 Å². The van der Waals surface area contributed by atoms with Crippen molar-refractivity contribution < 1.29 is 9.18 Å². The van der Waals surface area contributed by atoms with E-state index in [1.165, 1.54) is 12.1 Å². The predicted molar refractivity (Wildman–Crippen MR) is 105 cm³/mol. The highest BCUT2D eigenvalue weighted by molar-refractivity contribution is 5.83. The number of carbonyl (C=O) groups excluding carboxylic acids is 1. The summed E-state index contributed by atoms with van der Waals surface area (Å²) < 4.78 is 13.3. The minimum absolute atomic E-state index is 0.0350. The smallest absolute Gasteiger partial charge is 0.244 e. The number of halogens is 1.